The summed E-state index contributed by atoms with van der Waals surface area (Å²) in [6, 6.07) is 0. The number of likely N-dealkylation sites (tertiary alicyclic amines) is 1. The van der Waals surface area contributed by atoms with Crippen LogP contribution in [0.1, 0.15) is 19.3 Å². The highest BCUT2D eigenvalue weighted by molar-refractivity contribution is 8.00. The average molecular weight is 311 g/mol. The number of carbonyl (C=O) groups excluding carboxylic acids is 1. The number of aliphatic carboxylic acids is 1. The molecule has 0 aromatic rings. The molecule has 4 nitrogen and oxygen atoms in total. The van der Waals surface area contributed by atoms with E-state index in [2.05, 4.69) is 0 Å². The molecule has 1 N–H and O–H groups in total. The third-order valence-electron chi connectivity index (χ3n) is 4.09. The van der Waals surface area contributed by atoms with Crippen LogP contribution in [0.2, 0.25) is 0 Å². The van der Waals surface area contributed by atoms with Crippen molar-refractivity contribution in [2.45, 2.75) is 25.4 Å². The molecule has 2 aliphatic rings. The number of carboxylic acid groups (broad SMARTS) is 1. The molecule has 2 rings (SSSR count). The first kappa shape index (κ1) is 15.5. The highest BCUT2D eigenvalue weighted by Crippen LogP contribution is 2.59. The van der Waals surface area contributed by atoms with Crippen molar-refractivity contribution in [2.75, 3.05) is 24.6 Å². The molecule has 0 radical (unpaired) electrons. The summed E-state index contributed by atoms with van der Waals surface area (Å²) in [5, 5.41) is 8.95. The van der Waals surface area contributed by atoms with Crippen LogP contribution in [0.4, 0.5) is 13.2 Å². The van der Waals surface area contributed by atoms with E-state index in [0.29, 0.717) is 44.1 Å². The number of carboxylic acids is 1. The Labute approximate surface area is 118 Å². The molecule has 20 heavy (non-hydrogen) atoms. The smallest absolute Gasteiger partial charge is 0.397 e. The number of hydrogen-bond donors (Lipinski definition) is 1. The van der Waals surface area contributed by atoms with E-state index in [0.717, 1.165) is 0 Å². The maximum Gasteiger partial charge on any atom is 0.397 e. The minimum atomic E-state index is -4.25. The van der Waals surface area contributed by atoms with Gasteiger partial charge in [0.05, 0.1) is 17.4 Å². The van der Waals surface area contributed by atoms with E-state index in [4.69, 9.17) is 5.11 Å². The van der Waals surface area contributed by atoms with Crippen molar-refractivity contribution in [1.82, 2.24) is 4.90 Å². The highest BCUT2D eigenvalue weighted by atomic mass is 32.2. The Hall–Kier alpha value is -0.920. The van der Waals surface area contributed by atoms with E-state index in [1.165, 1.54) is 0 Å². The number of nitrogens with zero attached hydrogens (tertiary/aromatic N) is 1. The van der Waals surface area contributed by atoms with Crippen LogP contribution in [0.5, 0.6) is 0 Å². The van der Waals surface area contributed by atoms with Gasteiger partial charge in [0, 0.05) is 13.1 Å². The van der Waals surface area contributed by atoms with Gasteiger partial charge in [0.15, 0.2) is 0 Å². The van der Waals surface area contributed by atoms with Crippen LogP contribution in [-0.2, 0) is 9.59 Å². The topological polar surface area (TPSA) is 57.6 Å². The van der Waals surface area contributed by atoms with Gasteiger partial charge in [0.1, 0.15) is 0 Å². The normalized spacial score (nSPS) is 24.8. The number of alkyl halides is 3. The lowest BCUT2D eigenvalue weighted by molar-refractivity contribution is -0.139. The number of thioether (sulfide) groups is 1. The first-order valence-electron chi connectivity index (χ1n) is 6.39. The van der Waals surface area contributed by atoms with Crippen LogP contribution in [-0.4, -0.2) is 52.7 Å². The molecule has 1 aliphatic heterocycles. The number of carbonyl (C=O) groups is 2. The zero-order chi connectivity index (χ0) is 15.0. The summed E-state index contributed by atoms with van der Waals surface area (Å²) < 4.78 is 35.9. The molecule has 1 aliphatic carbocycles. The molecule has 1 saturated heterocycles. The maximum atomic E-state index is 12.0. The molecule has 1 saturated carbocycles. The first-order chi connectivity index (χ1) is 9.23. The first-order valence-corrected chi connectivity index (χ1v) is 7.54. The minimum absolute atomic E-state index is 0.165. The van der Waals surface area contributed by atoms with Crippen LogP contribution in [0.3, 0.4) is 0 Å². The van der Waals surface area contributed by atoms with Crippen molar-refractivity contribution in [3.63, 3.8) is 0 Å². The summed E-state index contributed by atoms with van der Waals surface area (Å²) in [7, 11) is 0. The van der Waals surface area contributed by atoms with Gasteiger partial charge in [0.2, 0.25) is 5.91 Å². The maximum absolute atomic E-state index is 12.0. The molecule has 1 unspecified atom stereocenters. The molecule has 114 valence electrons. The van der Waals surface area contributed by atoms with Gasteiger partial charge in [-0.15, -0.1) is 11.8 Å². The predicted molar refractivity (Wildman–Crippen MR) is 67.4 cm³/mol. The molecule has 0 bridgehead atoms. The van der Waals surface area contributed by atoms with Crippen molar-refractivity contribution in [2.24, 2.45) is 11.3 Å². The van der Waals surface area contributed by atoms with E-state index in [-0.39, 0.29) is 23.0 Å². The van der Waals surface area contributed by atoms with E-state index in [1.807, 2.05) is 0 Å². The van der Waals surface area contributed by atoms with Crippen molar-refractivity contribution >= 4 is 23.6 Å². The summed E-state index contributed by atoms with van der Waals surface area (Å²) in [5.74, 6) is -2.57. The van der Waals surface area contributed by atoms with Crippen LogP contribution < -0.4 is 0 Å². The molecule has 1 amide bonds. The van der Waals surface area contributed by atoms with Crippen LogP contribution in [0.15, 0.2) is 0 Å². The molecule has 0 aromatic carbocycles. The van der Waals surface area contributed by atoms with Crippen molar-refractivity contribution in [3.05, 3.63) is 0 Å². The van der Waals surface area contributed by atoms with Crippen LogP contribution in [0, 0.1) is 11.3 Å². The fourth-order valence-corrected chi connectivity index (χ4v) is 3.49. The van der Waals surface area contributed by atoms with Crippen molar-refractivity contribution in [3.8, 4) is 0 Å². The van der Waals surface area contributed by atoms with Gasteiger partial charge < -0.3 is 10.0 Å². The Kier molecular flexibility index (Phi) is 4.22. The second-order valence-corrected chi connectivity index (χ2v) is 6.43. The third kappa shape index (κ3) is 3.59. The fourth-order valence-electron chi connectivity index (χ4n) is 2.80. The van der Waals surface area contributed by atoms with Gasteiger partial charge in [-0.2, -0.15) is 13.2 Å². The molecule has 1 heterocycles. The summed E-state index contributed by atoms with van der Waals surface area (Å²) in [4.78, 5) is 24.2. The van der Waals surface area contributed by atoms with E-state index in [9.17, 15) is 22.8 Å². The van der Waals surface area contributed by atoms with Gasteiger partial charge in [-0.1, -0.05) is 0 Å². The van der Waals surface area contributed by atoms with Gasteiger partial charge in [-0.3, -0.25) is 9.59 Å². The molecule has 1 atom stereocenters. The number of piperidine rings is 1. The second kappa shape index (κ2) is 5.46. The van der Waals surface area contributed by atoms with Crippen LogP contribution in [0.25, 0.3) is 0 Å². The summed E-state index contributed by atoms with van der Waals surface area (Å²) >= 11 is 0.573. The van der Waals surface area contributed by atoms with Gasteiger partial charge >= 0.3 is 12.1 Å². The number of hydrogen-bond acceptors (Lipinski definition) is 3. The molecule has 1 spiro atoms. The third-order valence-corrected chi connectivity index (χ3v) is 5.07. The molecule has 0 aromatic heterocycles. The Morgan fingerprint density at radius 2 is 1.90 bits per heavy atom. The largest absolute Gasteiger partial charge is 0.481 e. The monoisotopic (exact) mass is 311 g/mol. The SMILES string of the molecule is O=C(O)C1CC12CCN(C(=O)CSCC(F)(F)F)CC2. The van der Waals surface area contributed by atoms with Crippen LogP contribution >= 0.6 is 11.8 Å². The number of rotatable bonds is 4. The Morgan fingerprint density at radius 1 is 1.30 bits per heavy atom. The Balaban J connectivity index is 1.72. The number of halogens is 3. The summed E-state index contributed by atoms with van der Waals surface area (Å²) in [5.41, 5.74) is -0.165. The zero-order valence-corrected chi connectivity index (χ0v) is 11.6. The standard InChI is InChI=1S/C12H16F3NO3S/c13-12(14,15)7-20-6-9(17)16-3-1-11(2-4-16)5-8(11)10(18)19/h8H,1-7H2,(H,18,19). The fraction of sp³-hybridized carbons (Fsp3) is 0.833. The lowest BCUT2D eigenvalue weighted by atomic mass is 9.91. The second-order valence-electron chi connectivity index (χ2n) is 5.45. The minimum Gasteiger partial charge on any atom is -0.481 e. The van der Waals surface area contributed by atoms with E-state index < -0.39 is 17.9 Å². The van der Waals surface area contributed by atoms with Gasteiger partial charge in [0.25, 0.3) is 0 Å². The Morgan fingerprint density at radius 3 is 2.35 bits per heavy atom. The molecular formula is C12H16F3NO3S. The Bertz CT molecular complexity index is 405. The zero-order valence-electron chi connectivity index (χ0n) is 10.8. The van der Waals surface area contributed by atoms with Crippen molar-refractivity contribution in [1.29, 1.82) is 0 Å². The summed E-state index contributed by atoms with van der Waals surface area (Å²) in [6.45, 7) is 0.907. The quantitative estimate of drug-likeness (QED) is 0.863. The van der Waals surface area contributed by atoms with E-state index >= 15 is 0 Å². The van der Waals surface area contributed by atoms with Gasteiger partial charge in [-0.05, 0) is 24.7 Å². The summed E-state index contributed by atoms with van der Waals surface area (Å²) in [6.07, 6.45) is -2.31. The van der Waals surface area contributed by atoms with Gasteiger partial charge in [-0.25, -0.2) is 0 Å². The van der Waals surface area contributed by atoms with E-state index in [1.54, 1.807) is 4.90 Å². The molecule has 2 fully saturated rings. The average Bonchev–Trinajstić information content (AvgIpc) is 3.02. The highest BCUT2D eigenvalue weighted by Gasteiger charge is 2.59. The van der Waals surface area contributed by atoms with Crippen molar-refractivity contribution < 1.29 is 27.9 Å². The lowest BCUT2D eigenvalue weighted by Gasteiger charge is -2.32. The predicted octanol–water partition coefficient (Wildman–Crippen LogP) is 2.00. The molecule has 8 heteroatoms. The lowest BCUT2D eigenvalue weighted by Crippen LogP contribution is -2.41. The molecular weight excluding hydrogens is 295 g/mol. The number of amides is 1.